The van der Waals surface area contributed by atoms with E-state index < -0.39 is 24.0 Å². The Morgan fingerprint density at radius 1 is 1.04 bits per heavy atom. The van der Waals surface area contributed by atoms with Gasteiger partial charge in [0.05, 0.1) is 0 Å². The molecule has 2 atom stereocenters. The number of carbonyl (C=O) groups excluding carboxylic acids is 1. The summed E-state index contributed by atoms with van der Waals surface area (Å²) in [5.41, 5.74) is 2.22. The van der Waals surface area contributed by atoms with E-state index in [9.17, 15) is 19.8 Å². The number of aryl methyl sites for hydroxylation is 1. The molecule has 0 spiro atoms. The van der Waals surface area contributed by atoms with Crippen LogP contribution in [0.1, 0.15) is 22.8 Å². The summed E-state index contributed by atoms with van der Waals surface area (Å²) in [5.74, 6) is -1.86. The summed E-state index contributed by atoms with van der Waals surface area (Å²) >= 11 is 0. The van der Waals surface area contributed by atoms with Crippen molar-refractivity contribution in [1.82, 2.24) is 5.32 Å². The number of aliphatic carboxylic acids is 1. The van der Waals surface area contributed by atoms with E-state index in [0.717, 1.165) is 11.1 Å². The van der Waals surface area contributed by atoms with Crippen molar-refractivity contribution in [1.29, 1.82) is 0 Å². The maximum Gasteiger partial charge on any atom is 0.326 e. The van der Waals surface area contributed by atoms with Gasteiger partial charge in [0, 0.05) is 6.42 Å². The number of carboxylic acids is 1. The summed E-state index contributed by atoms with van der Waals surface area (Å²) < 4.78 is 0. The van der Waals surface area contributed by atoms with Gasteiger partial charge >= 0.3 is 5.97 Å². The first kappa shape index (κ1) is 16.7. The Morgan fingerprint density at radius 3 is 2.26 bits per heavy atom. The molecule has 0 fully saturated rings. The molecule has 2 aromatic rings. The summed E-state index contributed by atoms with van der Waals surface area (Å²) in [6, 6.07) is 14.7. The molecule has 5 heteroatoms. The fourth-order valence-electron chi connectivity index (χ4n) is 2.30. The van der Waals surface area contributed by atoms with Crippen LogP contribution in [0.15, 0.2) is 54.6 Å². The monoisotopic (exact) mass is 313 g/mol. The molecular weight excluding hydrogens is 294 g/mol. The lowest BCUT2D eigenvalue weighted by Gasteiger charge is -2.18. The number of amides is 1. The van der Waals surface area contributed by atoms with Crippen LogP contribution < -0.4 is 5.32 Å². The Balaban J connectivity index is 2.09. The van der Waals surface area contributed by atoms with Gasteiger partial charge in [-0.05, 0) is 23.6 Å². The third-order valence-electron chi connectivity index (χ3n) is 3.66. The number of benzene rings is 2. The van der Waals surface area contributed by atoms with E-state index in [1.807, 2.05) is 31.2 Å². The van der Waals surface area contributed by atoms with E-state index in [2.05, 4.69) is 5.32 Å². The molecule has 0 aliphatic carbocycles. The zero-order valence-electron chi connectivity index (χ0n) is 12.8. The quantitative estimate of drug-likeness (QED) is 0.759. The van der Waals surface area contributed by atoms with Gasteiger partial charge in [-0.25, -0.2) is 4.79 Å². The van der Waals surface area contributed by atoms with Gasteiger partial charge in [0.2, 0.25) is 0 Å². The fraction of sp³-hybridized carbons (Fsp3) is 0.222. The maximum atomic E-state index is 12.1. The molecule has 3 N–H and O–H groups in total. The van der Waals surface area contributed by atoms with Gasteiger partial charge < -0.3 is 15.5 Å². The van der Waals surface area contributed by atoms with Gasteiger partial charge in [-0.2, -0.15) is 0 Å². The zero-order valence-corrected chi connectivity index (χ0v) is 12.8. The Morgan fingerprint density at radius 2 is 1.65 bits per heavy atom. The van der Waals surface area contributed by atoms with Crippen molar-refractivity contribution in [2.45, 2.75) is 25.5 Å². The van der Waals surface area contributed by atoms with Crippen molar-refractivity contribution < 1.29 is 19.8 Å². The van der Waals surface area contributed by atoms with E-state index in [1.165, 1.54) is 0 Å². The minimum absolute atomic E-state index is 0.162. The van der Waals surface area contributed by atoms with Crippen LogP contribution in [-0.2, 0) is 16.0 Å². The van der Waals surface area contributed by atoms with Gasteiger partial charge in [-0.1, -0.05) is 54.6 Å². The molecule has 0 saturated carbocycles. The van der Waals surface area contributed by atoms with E-state index in [1.54, 1.807) is 30.3 Å². The Labute approximate surface area is 134 Å². The Kier molecular flexibility index (Phi) is 5.49. The van der Waals surface area contributed by atoms with Crippen LogP contribution in [0.25, 0.3) is 0 Å². The molecule has 0 aliphatic heterocycles. The highest BCUT2D eigenvalue weighted by Gasteiger charge is 2.25. The predicted octanol–water partition coefficient (Wildman–Crippen LogP) is 1.84. The number of carboxylic acid groups (broad SMARTS) is 1. The molecule has 0 saturated heterocycles. The highest BCUT2D eigenvalue weighted by Crippen LogP contribution is 2.14. The number of carbonyl (C=O) groups is 2. The lowest BCUT2D eigenvalue weighted by atomic mass is 10.0. The lowest BCUT2D eigenvalue weighted by molar-refractivity contribution is -0.143. The molecule has 0 heterocycles. The second-order valence-corrected chi connectivity index (χ2v) is 5.34. The highest BCUT2D eigenvalue weighted by atomic mass is 16.4. The molecule has 0 unspecified atom stereocenters. The third kappa shape index (κ3) is 4.40. The van der Waals surface area contributed by atoms with Crippen LogP contribution in [0.2, 0.25) is 0 Å². The average Bonchev–Trinajstić information content (AvgIpc) is 2.56. The number of hydrogen-bond donors (Lipinski definition) is 3. The first-order valence-electron chi connectivity index (χ1n) is 7.29. The summed E-state index contributed by atoms with van der Waals surface area (Å²) in [5, 5.41) is 21.8. The molecular formula is C18H19NO4. The minimum atomic E-state index is -1.39. The summed E-state index contributed by atoms with van der Waals surface area (Å²) in [6.07, 6.45) is -1.23. The molecule has 120 valence electrons. The fourth-order valence-corrected chi connectivity index (χ4v) is 2.30. The second kappa shape index (κ2) is 7.56. The number of aliphatic hydroxyl groups is 1. The normalized spacial score (nSPS) is 13.1. The van der Waals surface area contributed by atoms with Crippen LogP contribution in [-0.4, -0.2) is 28.1 Å². The second-order valence-electron chi connectivity index (χ2n) is 5.34. The zero-order chi connectivity index (χ0) is 16.8. The molecule has 0 radical (unpaired) electrons. The predicted molar refractivity (Wildman–Crippen MR) is 85.9 cm³/mol. The first-order chi connectivity index (χ1) is 11.0. The highest BCUT2D eigenvalue weighted by molar-refractivity contribution is 5.87. The number of nitrogens with one attached hydrogen (secondary N) is 1. The molecule has 5 nitrogen and oxygen atoms in total. The van der Waals surface area contributed by atoms with E-state index >= 15 is 0 Å². The van der Waals surface area contributed by atoms with Crippen LogP contribution in [0, 0.1) is 6.92 Å². The summed E-state index contributed by atoms with van der Waals surface area (Å²) in [4.78, 5) is 23.5. The molecule has 2 aromatic carbocycles. The van der Waals surface area contributed by atoms with Crippen LogP contribution >= 0.6 is 0 Å². The Bertz CT molecular complexity index is 684. The van der Waals surface area contributed by atoms with Gasteiger partial charge in [-0.3, -0.25) is 4.79 Å². The molecule has 0 bridgehead atoms. The van der Waals surface area contributed by atoms with E-state index in [0.29, 0.717) is 5.56 Å². The number of aliphatic hydroxyl groups excluding tert-OH is 1. The van der Waals surface area contributed by atoms with Crippen LogP contribution in [0.3, 0.4) is 0 Å². The molecule has 0 aromatic heterocycles. The van der Waals surface area contributed by atoms with Crippen molar-refractivity contribution in [2.24, 2.45) is 0 Å². The summed E-state index contributed by atoms with van der Waals surface area (Å²) in [6.45, 7) is 1.88. The third-order valence-corrected chi connectivity index (χ3v) is 3.66. The SMILES string of the molecule is Cc1ccccc1C[C@H](NC(=O)[C@@H](O)c1ccccc1)C(=O)O. The maximum absolute atomic E-state index is 12.1. The Hall–Kier alpha value is -2.66. The van der Waals surface area contributed by atoms with Crippen molar-refractivity contribution in [3.63, 3.8) is 0 Å². The largest absolute Gasteiger partial charge is 0.480 e. The van der Waals surface area contributed by atoms with Crippen molar-refractivity contribution in [3.8, 4) is 0 Å². The number of rotatable bonds is 6. The van der Waals surface area contributed by atoms with Crippen molar-refractivity contribution >= 4 is 11.9 Å². The van der Waals surface area contributed by atoms with Crippen molar-refractivity contribution in [3.05, 3.63) is 71.3 Å². The molecule has 0 aliphatic rings. The smallest absolute Gasteiger partial charge is 0.326 e. The summed E-state index contributed by atoms with van der Waals surface area (Å²) in [7, 11) is 0. The minimum Gasteiger partial charge on any atom is -0.480 e. The van der Waals surface area contributed by atoms with Crippen molar-refractivity contribution in [2.75, 3.05) is 0 Å². The molecule has 23 heavy (non-hydrogen) atoms. The van der Waals surface area contributed by atoms with E-state index in [4.69, 9.17) is 0 Å². The van der Waals surface area contributed by atoms with Crippen LogP contribution in [0.4, 0.5) is 0 Å². The van der Waals surface area contributed by atoms with E-state index in [-0.39, 0.29) is 6.42 Å². The standard InChI is InChI=1S/C18H19NO4/c1-12-7-5-6-10-14(12)11-15(18(22)23)19-17(21)16(20)13-8-3-2-4-9-13/h2-10,15-16,20H,11H2,1H3,(H,19,21)(H,22,23)/t15-,16-/m0/s1. The topological polar surface area (TPSA) is 86.6 Å². The average molecular weight is 313 g/mol. The number of hydrogen-bond acceptors (Lipinski definition) is 3. The van der Waals surface area contributed by atoms with Gasteiger partial charge in [0.15, 0.2) is 6.10 Å². The van der Waals surface area contributed by atoms with Crippen LogP contribution in [0.5, 0.6) is 0 Å². The molecule has 1 amide bonds. The van der Waals surface area contributed by atoms with Gasteiger partial charge in [-0.15, -0.1) is 0 Å². The first-order valence-corrected chi connectivity index (χ1v) is 7.29. The molecule has 2 rings (SSSR count). The van der Waals surface area contributed by atoms with Gasteiger partial charge in [0.25, 0.3) is 5.91 Å². The van der Waals surface area contributed by atoms with Gasteiger partial charge in [0.1, 0.15) is 6.04 Å². The lowest BCUT2D eigenvalue weighted by Crippen LogP contribution is -2.44.